The number of hydrogen-bond donors (Lipinski definition) is 2. The first-order valence-electron chi connectivity index (χ1n) is 7.95. The maximum absolute atomic E-state index is 12.2. The SMILES string of the molecule is CCCC(=O)NCCc1ccc(NS(=O)(=O)c2ccccc2)cc1. The van der Waals surface area contributed by atoms with Crippen LogP contribution < -0.4 is 10.0 Å². The number of rotatable bonds is 8. The average molecular weight is 346 g/mol. The van der Waals surface area contributed by atoms with Crippen molar-refractivity contribution in [1.82, 2.24) is 5.32 Å². The number of carbonyl (C=O) groups excluding carboxylic acids is 1. The maximum atomic E-state index is 12.2. The first-order chi connectivity index (χ1) is 11.5. The summed E-state index contributed by atoms with van der Waals surface area (Å²) in [5.41, 5.74) is 1.55. The van der Waals surface area contributed by atoms with E-state index in [0.717, 1.165) is 12.0 Å². The molecule has 0 bridgehead atoms. The smallest absolute Gasteiger partial charge is 0.261 e. The van der Waals surface area contributed by atoms with Gasteiger partial charge in [0.2, 0.25) is 5.91 Å². The Hall–Kier alpha value is -2.34. The van der Waals surface area contributed by atoms with E-state index in [1.54, 1.807) is 42.5 Å². The number of hydrogen-bond acceptors (Lipinski definition) is 3. The predicted molar refractivity (Wildman–Crippen MR) is 95.3 cm³/mol. The van der Waals surface area contributed by atoms with Crippen molar-refractivity contribution in [2.45, 2.75) is 31.1 Å². The molecule has 0 aliphatic rings. The molecule has 0 aliphatic carbocycles. The highest BCUT2D eigenvalue weighted by molar-refractivity contribution is 7.92. The Labute approximate surface area is 143 Å². The van der Waals surface area contributed by atoms with Crippen LogP contribution in [0.25, 0.3) is 0 Å². The molecular weight excluding hydrogens is 324 g/mol. The molecule has 2 N–H and O–H groups in total. The number of amides is 1. The molecule has 0 radical (unpaired) electrons. The van der Waals surface area contributed by atoms with E-state index in [1.165, 1.54) is 0 Å². The molecule has 6 heteroatoms. The van der Waals surface area contributed by atoms with Crippen LogP contribution in [0.15, 0.2) is 59.5 Å². The van der Waals surface area contributed by atoms with E-state index in [9.17, 15) is 13.2 Å². The van der Waals surface area contributed by atoms with Gasteiger partial charge in [-0.2, -0.15) is 0 Å². The Morgan fingerprint density at radius 3 is 2.29 bits per heavy atom. The van der Waals surface area contributed by atoms with Crippen LogP contribution in [0.2, 0.25) is 0 Å². The van der Waals surface area contributed by atoms with Crippen LogP contribution in [0.4, 0.5) is 5.69 Å². The Bertz CT molecular complexity index is 757. The predicted octanol–water partition coefficient (Wildman–Crippen LogP) is 2.95. The molecule has 0 heterocycles. The molecular formula is C18H22N2O3S. The van der Waals surface area contributed by atoms with Crippen LogP contribution in [-0.2, 0) is 21.2 Å². The summed E-state index contributed by atoms with van der Waals surface area (Å²) in [7, 11) is -3.57. The quantitative estimate of drug-likeness (QED) is 0.772. The van der Waals surface area contributed by atoms with E-state index in [4.69, 9.17) is 0 Å². The van der Waals surface area contributed by atoms with Crippen molar-refractivity contribution in [2.75, 3.05) is 11.3 Å². The van der Waals surface area contributed by atoms with E-state index in [1.807, 2.05) is 19.1 Å². The number of carbonyl (C=O) groups is 1. The molecule has 0 saturated heterocycles. The molecule has 0 fully saturated rings. The molecule has 0 aromatic heterocycles. The first-order valence-corrected chi connectivity index (χ1v) is 9.43. The highest BCUT2D eigenvalue weighted by Crippen LogP contribution is 2.16. The van der Waals surface area contributed by atoms with Crippen LogP contribution in [-0.4, -0.2) is 20.9 Å². The summed E-state index contributed by atoms with van der Waals surface area (Å²) < 4.78 is 27.0. The van der Waals surface area contributed by atoms with E-state index >= 15 is 0 Å². The molecule has 5 nitrogen and oxygen atoms in total. The van der Waals surface area contributed by atoms with Crippen molar-refractivity contribution in [2.24, 2.45) is 0 Å². The van der Waals surface area contributed by atoms with Gasteiger partial charge in [-0.05, 0) is 42.7 Å². The lowest BCUT2D eigenvalue weighted by atomic mass is 10.1. The third kappa shape index (κ3) is 5.38. The number of benzene rings is 2. The lowest BCUT2D eigenvalue weighted by Crippen LogP contribution is -2.25. The van der Waals surface area contributed by atoms with Crippen LogP contribution in [0, 0.1) is 0 Å². The van der Waals surface area contributed by atoms with Crippen molar-refractivity contribution in [3.05, 3.63) is 60.2 Å². The van der Waals surface area contributed by atoms with Gasteiger partial charge in [0, 0.05) is 18.7 Å². The monoisotopic (exact) mass is 346 g/mol. The van der Waals surface area contributed by atoms with Gasteiger partial charge >= 0.3 is 0 Å². The Balaban J connectivity index is 1.91. The summed E-state index contributed by atoms with van der Waals surface area (Å²) in [6, 6.07) is 15.4. The zero-order valence-corrected chi connectivity index (χ0v) is 14.5. The molecule has 0 spiro atoms. The van der Waals surface area contributed by atoms with Crippen molar-refractivity contribution >= 4 is 21.6 Å². The fourth-order valence-corrected chi connectivity index (χ4v) is 3.29. The number of anilines is 1. The summed E-state index contributed by atoms with van der Waals surface area (Å²) in [4.78, 5) is 11.6. The van der Waals surface area contributed by atoms with Crippen molar-refractivity contribution in [1.29, 1.82) is 0 Å². The van der Waals surface area contributed by atoms with Crippen LogP contribution >= 0.6 is 0 Å². The minimum absolute atomic E-state index is 0.0599. The molecule has 24 heavy (non-hydrogen) atoms. The standard InChI is InChI=1S/C18H22N2O3S/c1-2-6-18(21)19-14-13-15-9-11-16(12-10-15)20-24(22,23)17-7-4-3-5-8-17/h3-5,7-12,20H,2,6,13-14H2,1H3,(H,19,21). The van der Waals surface area contributed by atoms with Gasteiger partial charge in [0.1, 0.15) is 0 Å². The minimum atomic E-state index is -3.57. The number of sulfonamides is 1. The highest BCUT2D eigenvalue weighted by atomic mass is 32.2. The summed E-state index contributed by atoms with van der Waals surface area (Å²) in [5.74, 6) is 0.0599. The molecule has 0 saturated carbocycles. The summed E-state index contributed by atoms with van der Waals surface area (Å²) in [6.07, 6.45) is 2.09. The van der Waals surface area contributed by atoms with E-state index < -0.39 is 10.0 Å². The molecule has 0 aliphatic heterocycles. The highest BCUT2D eigenvalue weighted by Gasteiger charge is 2.13. The molecule has 0 unspecified atom stereocenters. The van der Waals surface area contributed by atoms with Gasteiger partial charge in [-0.25, -0.2) is 8.42 Å². The normalized spacial score (nSPS) is 11.0. The summed E-state index contributed by atoms with van der Waals surface area (Å²) in [6.45, 7) is 2.54. The van der Waals surface area contributed by atoms with E-state index in [-0.39, 0.29) is 10.8 Å². The Kier molecular flexibility index (Phi) is 6.37. The third-order valence-corrected chi connectivity index (χ3v) is 4.87. The van der Waals surface area contributed by atoms with E-state index in [2.05, 4.69) is 10.0 Å². The van der Waals surface area contributed by atoms with Gasteiger partial charge in [0.25, 0.3) is 10.0 Å². The molecule has 128 valence electrons. The second-order valence-electron chi connectivity index (χ2n) is 5.47. The average Bonchev–Trinajstić information content (AvgIpc) is 2.57. The second-order valence-corrected chi connectivity index (χ2v) is 7.15. The fourth-order valence-electron chi connectivity index (χ4n) is 2.21. The topological polar surface area (TPSA) is 75.3 Å². The van der Waals surface area contributed by atoms with Gasteiger partial charge in [0.05, 0.1) is 4.90 Å². The fraction of sp³-hybridized carbons (Fsp3) is 0.278. The molecule has 0 atom stereocenters. The number of nitrogens with one attached hydrogen (secondary N) is 2. The maximum Gasteiger partial charge on any atom is 0.261 e. The zero-order chi connectivity index (χ0) is 17.4. The second kappa shape index (κ2) is 8.49. The molecule has 2 aromatic rings. The lowest BCUT2D eigenvalue weighted by molar-refractivity contribution is -0.121. The zero-order valence-electron chi connectivity index (χ0n) is 13.7. The Morgan fingerprint density at radius 2 is 1.67 bits per heavy atom. The minimum Gasteiger partial charge on any atom is -0.356 e. The van der Waals surface area contributed by atoms with E-state index in [0.29, 0.717) is 25.1 Å². The van der Waals surface area contributed by atoms with Crippen LogP contribution in [0.3, 0.4) is 0 Å². The van der Waals surface area contributed by atoms with Crippen molar-refractivity contribution < 1.29 is 13.2 Å². The van der Waals surface area contributed by atoms with Gasteiger partial charge in [-0.3, -0.25) is 9.52 Å². The summed E-state index contributed by atoms with van der Waals surface area (Å²) in [5, 5.41) is 2.86. The molecule has 1 amide bonds. The molecule has 2 aromatic carbocycles. The summed E-state index contributed by atoms with van der Waals surface area (Å²) >= 11 is 0. The lowest BCUT2D eigenvalue weighted by Gasteiger charge is -2.09. The van der Waals surface area contributed by atoms with Crippen LogP contribution in [0.1, 0.15) is 25.3 Å². The molecule has 2 rings (SSSR count). The van der Waals surface area contributed by atoms with Gasteiger partial charge in [-0.1, -0.05) is 37.3 Å². The van der Waals surface area contributed by atoms with Gasteiger partial charge in [0.15, 0.2) is 0 Å². The van der Waals surface area contributed by atoms with Crippen molar-refractivity contribution in [3.8, 4) is 0 Å². The largest absolute Gasteiger partial charge is 0.356 e. The van der Waals surface area contributed by atoms with Crippen LogP contribution in [0.5, 0.6) is 0 Å². The van der Waals surface area contributed by atoms with Crippen molar-refractivity contribution in [3.63, 3.8) is 0 Å². The first kappa shape index (κ1) is 18.0. The van der Waals surface area contributed by atoms with Gasteiger partial charge < -0.3 is 5.32 Å². The Morgan fingerprint density at radius 1 is 1.00 bits per heavy atom. The third-order valence-electron chi connectivity index (χ3n) is 3.47. The van der Waals surface area contributed by atoms with Gasteiger partial charge in [-0.15, -0.1) is 0 Å².